The number of nitrogens with one attached hydrogen (secondary N) is 1. The molecule has 2 rings (SSSR count). The highest BCUT2D eigenvalue weighted by molar-refractivity contribution is 7.99. The molecule has 0 aliphatic heterocycles. The highest BCUT2D eigenvalue weighted by Crippen LogP contribution is 2.21. The summed E-state index contributed by atoms with van der Waals surface area (Å²) in [6.45, 7) is 2.99. The molecule has 8 heteroatoms. The average Bonchev–Trinajstić information content (AvgIpc) is 2.81. The normalized spacial score (nSPS) is 10.6. The van der Waals surface area contributed by atoms with E-state index in [1.807, 2.05) is 23.6 Å². The summed E-state index contributed by atoms with van der Waals surface area (Å²) in [6, 6.07) is 7.11. The lowest BCUT2D eigenvalue weighted by molar-refractivity contribution is -0.113. The zero-order valence-corrected chi connectivity index (χ0v) is 13.1. The van der Waals surface area contributed by atoms with Crippen molar-refractivity contribution >= 4 is 35.0 Å². The molecule has 1 amide bonds. The van der Waals surface area contributed by atoms with Crippen LogP contribution in [0.15, 0.2) is 29.4 Å². The van der Waals surface area contributed by atoms with Crippen LogP contribution in [0.3, 0.4) is 0 Å². The van der Waals surface area contributed by atoms with Gasteiger partial charge in [-0.25, -0.2) is 0 Å². The van der Waals surface area contributed by atoms with E-state index in [0.717, 1.165) is 5.82 Å². The Morgan fingerprint density at radius 3 is 2.90 bits per heavy atom. The number of hydrogen-bond donors (Lipinski definition) is 2. The van der Waals surface area contributed by atoms with Gasteiger partial charge in [-0.15, -0.1) is 10.2 Å². The molecule has 0 unspecified atom stereocenters. The summed E-state index contributed by atoms with van der Waals surface area (Å²) < 4.78 is 1.90. The summed E-state index contributed by atoms with van der Waals surface area (Å²) in [5.74, 6) is 0.871. The monoisotopic (exact) mass is 325 g/mol. The first kappa shape index (κ1) is 15.8. The second kappa shape index (κ2) is 7.44. The van der Waals surface area contributed by atoms with E-state index in [0.29, 0.717) is 29.0 Å². The summed E-state index contributed by atoms with van der Waals surface area (Å²) in [4.78, 5) is 11.9. The summed E-state index contributed by atoms with van der Waals surface area (Å²) in [5, 5.41) is 12.0. The molecule has 0 saturated heterocycles. The minimum atomic E-state index is -0.145. The first-order chi connectivity index (χ1) is 10.1. The van der Waals surface area contributed by atoms with E-state index in [9.17, 15) is 4.79 Å². The van der Waals surface area contributed by atoms with E-state index in [1.54, 1.807) is 12.1 Å². The van der Waals surface area contributed by atoms with Gasteiger partial charge in [-0.1, -0.05) is 35.5 Å². The van der Waals surface area contributed by atoms with Crippen LogP contribution in [0, 0.1) is 6.92 Å². The van der Waals surface area contributed by atoms with Gasteiger partial charge in [0.15, 0.2) is 5.16 Å². The fraction of sp³-hybridized carbons (Fsp3) is 0.308. The molecule has 0 atom stereocenters. The molecule has 1 aromatic carbocycles. The minimum absolute atomic E-state index is 0.145. The Balaban J connectivity index is 1.94. The molecule has 3 N–H and O–H groups in total. The zero-order valence-electron chi connectivity index (χ0n) is 11.5. The number of thioether (sulfide) groups is 1. The highest BCUT2D eigenvalue weighted by Gasteiger charge is 2.12. The number of halogens is 1. The third-order valence-corrected chi connectivity index (χ3v) is 4.03. The number of aryl methyl sites for hydroxylation is 1. The summed E-state index contributed by atoms with van der Waals surface area (Å²) >= 11 is 7.31. The quantitative estimate of drug-likeness (QED) is 0.793. The topological polar surface area (TPSA) is 85.8 Å². The van der Waals surface area contributed by atoms with Crippen molar-refractivity contribution in [1.29, 1.82) is 0 Å². The van der Waals surface area contributed by atoms with Gasteiger partial charge in [0.25, 0.3) is 0 Å². The smallest absolute Gasteiger partial charge is 0.234 e. The summed E-state index contributed by atoms with van der Waals surface area (Å²) in [7, 11) is 0. The van der Waals surface area contributed by atoms with Crippen LogP contribution < -0.4 is 11.1 Å². The van der Waals surface area contributed by atoms with Crippen LogP contribution in [0.2, 0.25) is 5.02 Å². The number of benzene rings is 1. The molecule has 0 fully saturated rings. The summed E-state index contributed by atoms with van der Waals surface area (Å²) in [6.07, 6.45) is 0. The van der Waals surface area contributed by atoms with Crippen LogP contribution in [-0.4, -0.2) is 33.0 Å². The van der Waals surface area contributed by atoms with Crippen molar-refractivity contribution in [1.82, 2.24) is 14.8 Å². The number of amides is 1. The maximum Gasteiger partial charge on any atom is 0.234 e. The largest absolute Gasteiger partial charge is 0.329 e. The Bertz CT molecular complexity index is 631. The van der Waals surface area contributed by atoms with Gasteiger partial charge >= 0.3 is 0 Å². The maximum atomic E-state index is 11.9. The Kier molecular flexibility index (Phi) is 5.60. The molecular weight excluding hydrogens is 310 g/mol. The van der Waals surface area contributed by atoms with Gasteiger partial charge in [0, 0.05) is 13.1 Å². The Hall–Kier alpha value is -1.57. The molecule has 21 heavy (non-hydrogen) atoms. The number of nitrogens with two attached hydrogens (primary N) is 1. The number of nitrogens with zero attached hydrogens (tertiary/aromatic N) is 3. The molecule has 2 aromatic rings. The van der Waals surface area contributed by atoms with Crippen LogP contribution in [-0.2, 0) is 11.3 Å². The van der Waals surface area contributed by atoms with E-state index in [4.69, 9.17) is 17.3 Å². The first-order valence-electron chi connectivity index (χ1n) is 6.39. The summed E-state index contributed by atoms with van der Waals surface area (Å²) in [5.41, 5.74) is 6.15. The van der Waals surface area contributed by atoms with Gasteiger partial charge in [-0.05, 0) is 19.1 Å². The fourth-order valence-electron chi connectivity index (χ4n) is 1.73. The molecular formula is C13H16ClN5OS. The zero-order chi connectivity index (χ0) is 15.2. The van der Waals surface area contributed by atoms with Gasteiger partial charge < -0.3 is 15.6 Å². The number of hydrogen-bond acceptors (Lipinski definition) is 5. The second-order valence-corrected chi connectivity index (χ2v) is 5.64. The van der Waals surface area contributed by atoms with E-state index in [1.165, 1.54) is 11.8 Å². The van der Waals surface area contributed by atoms with Gasteiger partial charge in [-0.3, -0.25) is 4.79 Å². The minimum Gasteiger partial charge on any atom is -0.329 e. The van der Waals surface area contributed by atoms with Crippen molar-refractivity contribution in [3.63, 3.8) is 0 Å². The van der Waals surface area contributed by atoms with Crippen LogP contribution in [0.4, 0.5) is 5.69 Å². The van der Waals surface area contributed by atoms with E-state index in [-0.39, 0.29) is 11.7 Å². The number of rotatable bonds is 6. The molecule has 0 radical (unpaired) electrons. The molecule has 1 heterocycles. The Morgan fingerprint density at radius 1 is 1.43 bits per heavy atom. The Morgan fingerprint density at radius 2 is 2.19 bits per heavy atom. The Labute approximate surface area is 132 Å². The fourth-order valence-corrected chi connectivity index (χ4v) is 2.73. The second-order valence-electron chi connectivity index (χ2n) is 4.29. The number of carbonyl (C=O) groups is 1. The van der Waals surface area contributed by atoms with Crippen LogP contribution in [0.1, 0.15) is 5.82 Å². The predicted octanol–water partition coefficient (Wildman–Crippen LogP) is 1.93. The van der Waals surface area contributed by atoms with Crippen LogP contribution >= 0.6 is 23.4 Å². The van der Waals surface area contributed by atoms with Gasteiger partial charge in [0.1, 0.15) is 5.82 Å². The third-order valence-electron chi connectivity index (χ3n) is 2.73. The molecule has 112 valence electrons. The standard InChI is InChI=1S/C13H16ClN5OS/c1-9-17-18-13(19(9)7-6-15)21-8-12(20)16-11-5-3-2-4-10(11)14/h2-5H,6-8,15H2,1H3,(H,16,20). The van der Waals surface area contributed by atoms with Crippen molar-refractivity contribution in [2.45, 2.75) is 18.6 Å². The number of carbonyl (C=O) groups excluding carboxylic acids is 1. The van der Waals surface area contributed by atoms with Crippen molar-refractivity contribution in [3.05, 3.63) is 35.1 Å². The molecule has 0 aliphatic carbocycles. The highest BCUT2D eigenvalue weighted by atomic mass is 35.5. The van der Waals surface area contributed by atoms with E-state index < -0.39 is 0 Å². The van der Waals surface area contributed by atoms with Crippen molar-refractivity contribution in [2.75, 3.05) is 17.6 Å². The van der Waals surface area contributed by atoms with E-state index in [2.05, 4.69) is 15.5 Å². The molecule has 6 nitrogen and oxygen atoms in total. The maximum absolute atomic E-state index is 11.9. The van der Waals surface area contributed by atoms with Crippen molar-refractivity contribution in [2.24, 2.45) is 5.73 Å². The lowest BCUT2D eigenvalue weighted by Crippen LogP contribution is -2.16. The van der Waals surface area contributed by atoms with Crippen LogP contribution in [0.5, 0.6) is 0 Å². The lowest BCUT2D eigenvalue weighted by atomic mass is 10.3. The molecule has 1 aromatic heterocycles. The molecule has 0 saturated carbocycles. The molecule has 0 aliphatic rings. The SMILES string of the molecule is Cc1nnc(SCC(=O)Nc2ccccc2Cl)n1CCN. The first-order valence-corrected chi connectivity index (χ1v) is 7.75. The predicted molar refractivity (Wildman–Crippen MR) is 84.6 cm³/mol. The van der Waals surface area contributed by atoms with Gasteiger partial charge in [0.2, 0.25) is 5.91 Å². The molecule has 0 spiro atoms. The van der Waals surface area contributed by atoms with Crippen LogP contribution in [0.25, 0.3) is 0 Å². The van der Waals surface area contributed by atoms with Gasteiger partial charge in [-0.2, -0.15) is 0 Å². The lowest BCUT2D eigenvalue weighted by Gasteiger charge is -2.08. The van der Waals surface area contributed by atoms with Crippen molar-refractivity contribution in [3.8, 4) is 0 Å². The third kappa shape index (κ3) is 4.20. The average molecular weight is 326 g/mol. The number of para-hydroxylation sites is 1. The van der Waals surface area contributed by atoms with Gasteiger partial charge in [0.05, 0.1) is 16.5 Å². The van der Waals surface area contributed by atoms with Crippen molar-refractivity contribution < 1.29 is 4.79 Å². The number of aromatic nitrogens is 3. The molecule has 0 bridgehead atoms. The number of anilines is 1. The van der Waals surface area contributed by atoms with E-state index >= 15 is 0 Å².